The molecular weight excluding hydrogens is 242 g/mol. The number of thiophene rings is 1. The van der Waals surface area contributed by atoms with Crippen LogP contribution in [0.15, 0.2) is 17.5 Å². The topological polar surface area (TPSA) is 52.3 Å². The number of nitrogens with two attached hydrogens (primary N) is 1. The molecule has 0 amide bonds. The predicted octanol–water partition coefficient (Wildman–Crippen LogP) is 1.91. The third-order valence-corrected chi connectivity index (χ3v) is 3.69. The largest absolute Gasteiger partial charge is 0.464 e. The Labute approximate surface area is 104 Å². The van der Waals surface area contributed by atoms with Crippen molar-refractivity contribution in [2.75, 3.05) is 18.6 Å². The minimum Gasteiger partial charge on any atom is -0.464 e. The Hall–Kier alpha value is -0.520. The summed E-state index contributed by atoms with van der Waals surface area (Å²) in [6, 6.07) is 3.55. The molecule has 3 nitrogen and oxygen atoms in total. The first-order valence-corrected chi connectivity index (χ1v) is 7.45. The van der Waals surface area contributed by atoms with Gasteiger partial charge in [-0.3, -0.25) is 4.79 Å². The summed E-state index contributed by atoms with van der Waals surface area (Å²) in [5.41, 5.74) is 5.68. The van der Waals surface area contributed by atoms with Crippen LogP contribution in [0.3, 0.4) is 0 Å². The van der Waals surface area contributed by atoms with Crippen LogP contribution in [0, 0.1) is 0 Å². The zero-order valence-corrected chi connectivity index (χ0v) is 11.0. The summed E-state index contributed by atoms with van der Waals surface area (Å²) in [6.07, 6.45) is 3.45. The maximum Gasteiger partial charge on any atom is 0.322 e. The van der Waals surface area contributed by atoms with Gasteiger partial charge >= 0.3 is 5.97 Å². The highest BCUT2D eigenvalue weighted by molar-refractivity contribution is 7.98. The average molecular weight is 259 g/mol. The van der Waals surface area contributed by atoms with E-state index in [0.29, 0.717) is 13.0 Å². The zero-order valence-electron chi connectivity index (χ0n) is 9.35. The molecule has 0 aliphatic heterocycles. The molecule has 5 heteroatoms. The molecule has 0 aromatic carbocycles. The van der Waals surface area contributed by atoms with Crippen molar-refractivity contribution in [2.24, 2.45) is 5.73 Å². The van der Waals surface area contributed by atoms with Crippen LogP contribution in [0.4, 0.5) is 0 Å². The quantitative estimate of drug-likeness (QED) is 0.760. The standard InChI is InChI=1S/C11H17NO2S2/c1-15-8-5-10(12)11(13)14-6-4-9-3-2-7-16-9/h2-3,7,10H,4-6,8,12H2,1H3/t10-/m1/s1. The lowest BCUT2D eigenvalue weighted by Gasteiger charge is -2.10. The summed E-state index contributed by atoms with van der Waals surface area (Å²) in [7, 11) is 0. The maximum absolute atomic E-state index is 11.4. The number of esters is 1. The number of rotatable bonds is 7. The van der Waals surface area contributed by atoms with Gasteiger partial charge < -0.3 is 10.5 Å². The molecule has 2 N–H and O–H groups in total. The van der Waals surface area contributed by atoms with Crippen LogP contribution in [-0.4, -0.2) is 30.6 Å². The molecule has 0 bridgehead atoms. The van der Waals surface area contributed by atoms with Crippen LogP contribution in [-0.2, 0) is 16.0 Å². The van der Waals surface area contributed by atoms with Gasteiger partial charge in [-0.1, -0.05) is 6.07 Å². The van der Waals surface area contributed by atoms with Crippen LogP contribution in [0.25, 0.3) is 0 Å². The summed E-state index contributed by atoms with van der Waals surface area (Å²) >= 11 is 3.35. The summed E-state index contributed by atoms with van der Waals surface area (Å²) in [5.74, 6) is 0.604. The van der Waals surface area contributed by atoms with Gasteiger partial charge in [-0.15, -0.1) is 11.3 Å². The first-order chi connectivity index (χ1) is 7.74. The second-order valence-corrected chi connectivity index (χ2v) is 5.40. The van der Waals surface area contributed by atoms with Crippen molar-refractivity contribution < 1.29 is 9.53 Å². The lowest BCUT2D eigenvalue weighted by molar-refractivity contribution is -0.145. The van der Waals surface area contributed by atoms with Crippen molar-refractivity contribution in [1.29, 1.82) is 0 Å². The normalized spacial score (nSPS) is 12.4. The number of carbonyl (C=O) groups excluding carboxylic acids is 1. The Morgan fingerprint density at radius 1 is 1.69 bits per heavy atom. The fourth-order valence-corrected chi connectivity index (χ4v) is 2.36. The van der Waals surface area contributed by atoms with E-state index in [4.69, 9.17) is 10.5 Å². The second kappa shape index (κ2) is 7.70. The number of ether oxygens (including phenoxy) is 1. The lowest BCUT2D eigenvalue weighted by atomic mass is 10.2. The van der Waals surface area contributed by atoms with E-state index in [-0.39, 0.29) is 5.97 Å². The molecule has 0 unspecified atom stereocenters. The van der Waals surface area contributed by atoms with Gasteiger partial charge in [0.2, 0.25) is 0 Å². The van der Waals surface area contributed by atoms with Gasteiger partial charge in [0.05, 0.1) is 6.61 Å². The van der Waals surface area contributed by atoms with Crippen molar-refractivity contribution >= 4 is 29.1 Å². The van der Waals surface area contributed by atoms with Gasteiger partial charge in [0.25, 0.3) is 0 Å². The molecule has 1 rings (SSSR count). The fourth-order valence-electron chi connectivity index (χ4n) is 1.18. The summed E-state index contributed by atoms with van der Waals surface area (Å²) in [4.78, 5) is 12.7. The summed E-state index contributed by atoms with van der Waals surface area (Å²) < 4.78 is 5.11. The highest BCUT2D eigenvalue weighted by Gasteiger charge is 2.13. The van der Waals surface area contributed by atoms with E-state index >= 15 is 0 Å². The van der Waals surface area contributed by atoms with Crippen molar-refractivity contribution in [3.05, 3.63) is 22.4 Å². The molecule has 0 fully saturated rings. The van der Waals surface area contributed by atoms with Gasteiger partial charge in [0, 0.05) is 11.3 Å². The van der Waals surface area contributed by atoms with Crippen LogP contribution in [0.1, 0.15) is 11.3 Å². The molecule has 1 aromatic rings. The summed E-state index contributed by atoms with van der Waals surface area (Å²) in [5, 5.41) is 2.02. The minimum absolute atomic E-state index is 0.286. The molecule has 1 atom stereocenters. The van der Waals surface area contributed by atoms with Crippen LogP contribution >= 0.6 is 23.1 Å². The Bertz CT molecular complexity index is 301. The minimum atomic E-state index is -0.476. The number of hydrogen-bond acceptors (Lipinski definition) is 5. The van der Waals surface area contributed by atoms with E-state index in [1.807, 2.05) is 23.8 Å². The Morgan fingerprint density at radius 3 is 3.12 bits per heavy atom. The molecule has 0 saturated heterocycles. The molecular formula is C11H17NO2S2. The molecule has 16 heavy (non-hydrogen) atoms. The van der Waals surface area contributed by atoms with Crippen LogP contribution in [0.5, 0.6) is 0 Å². The van der Waals surface area contributed by atoms with Crippen LogP contribution < -0.4 is 5.73 Å². The Kier molecular flexibility index (Phi) is 6.52. The molecule has 90 valence electrons. The van der Waals surface area contributed by atoms with E-state index in [9.17, 15) is 4.79 Å². The van der Waals surface area contributed by atoms with Gasteiger partial charge in [0.1, 0.15) is 6.04 Å². The monoisotopic (exact) mass is 259 g/mol. The Morgan fingerprint density at radius 2 is 2.50 bits per heavy atom. The fraction of sp³-hybridized carbons (Fsp3) is 0.545. The first-order valence-electron chi connectivity index (χ1n) is 5.17. The Balaban J connectivity index is 2.14. The SMILES string of the molecule is CSCC[C@@H](N)C(=O)OCCc1cccs1. The van der Waals surface area contributed by atoms with E-state index in [0.717, 1.165) is 12.2 Å². The van der Waals surface area contributed by atoms with Gasteiger partial charge in [0.15, 0.2) is 0 Å². The van der Waals surface area contributed by atoms with Gasteiger partial charge in [-0.25, -0.2) is 0 Å². The van der Waals surface area contributed by atoms with Gasteiger partial charge in [-0.2, -0.15) is 11.8 Å². The molecule has 0 aliphatic carbocycles. The van der Waals surface area contributed by atoms with E-state index in [1.165, 1.54) is 4.88 Å². The third-order valence-electron chi connectivity index (χ3n) is 2.11. The highest BCUT2D eigenvalue weighted by Crippen LogP contribution is 2.09. The van der Waals surface area contributed by atoms with E-state index in [1.54, 1.807) is 23.1 Å². The van der Waals surface area contributed by atoms with E-state index in [2.05, 4.69) is 0 Å². The third kappa shape index (κ3) is 5.01. The average Bonchev–Trinajstić information content (AvgIpc) is 2.78. The smallest absolute Gasteiger partial charge is 0.322 e. The number of hydrogen-bond donors (Lipinski definition) is 1. The molecule has 0 radical (unpaired) electrons. The predicted molar refractivity (Wildman–Crippen MR) is 70.0 cm³/mol. The lowest BCUT2D eigenvalue weighted by Crippen LogP contribution is -2.33. The van der Waals surface area contributed by atoms with Crippen molar-refractivity contribution in [3.63, 3.8) is 0 Å². The van der Waals surface area contributed by atoms with E-state index < -0.39 is 6.04 Å². The van der Waals surface area contributed by atoms with Crippen molar-refractivity contribution in [3.8, 4) is 0 Å². The molecule has 1 heterocycles. The maximum atomic E-state index is 11.4. The summed E-state index contributed by atoms with van der Waals surface area (Å²) in [6.45, 7) is 0.423. The second-order valence-electron chi connectivity index (χ2n) is 3.38. The first kappa shape index (κ1) is 13.5. The van der Waals surface area contributed by atoms with Crippen molar-refractivity contribution in [2.45, 2.75) is 18.9 Å². The molecule has 0 aliphatic rings. The van der Waals surface area contributed by atoms with Gasteiger partial charge in [-0.05, 0) is 29.9 Å². The molecule has 1 aromatic heterocycles. The van der Waals surface area contributed by atoms with Crippen molar-refractivity contribution in [1.82, 2.24) is 0 Å². The number of carbonyl (C=O) groups is 1. The highest BCUT2D eigenvalue weighted by atomic mass is 32.2. The molecule has 0 saturated carbocycles. The zero-order chi connectivity index (χ0) is 11.8. The van der Waals surface area contributed by atoms with Crippen LogP contribution in [0.2, 0.25) is 0 Å². The number of thioether (sulfide) groups is 1. The molecule has 0 spiro atoms.